The number of fused-ring (bicyclic) bond motifs is 1. The molecule has 0 fully saturated rings. The van der Waals surface area contributed by atoms with Gasteiger partial charge in [-0.1, -0.05) is 11.3 Å². The number of aromatic nitrogens is 1. The summed E-state index contributed by atoms with van der Waals surface area (Å²) in [5, 5.41) is 11.0. The molecule has 1 aromatic heterocycles. The lowest BCUT2D eigenvalue weighted by Gasteiger charge is -2.04. The van der Waals surface area contributed by atoms with E-state index in [1.807, 2.05) is 11.5 Å². The van der Waals surface area contributed by atoms with Crippen LogP contribution in [0.25, 0.3) is 10.2 Å². The average molecular weight is 401 g/mol. The Morgan fingerprint density at radius 1 is 1.25 bits per heavy atom. The van der Waals surface area contributed by atoms with E-state index in [9.17, 15) is 14.9 Å². The van der Waals surface area contributed by atoms with Gasteiger partial charge in [-0.15, -0.1) is 0 Å². The number of nitro benzene ring substituents is 1. The summed E-state index contributed by atoms with van der Waals surface area (Å²) in [6, 6.07) is 11.4. The quantitative estimate of drug-likeness (QED) is 0.447. The molecular weight excluding hydrogens is 382 g/mol. The van der Waals surface area contributed by atoms with Crippen LogP contribution in [0.2, 0.25) is 0 Å². The van der Waals surface area contributed by atoms with Crippen LogP contribution >= 0.6 is 11.3 Å². The third kappa shape index (κ3) is 4.26. The van der Waals surface area contributed by atoms with Crippen LogP contribution in [-0.4, -0.2) is 35.7 Å². The number of nitro groups is 1. The molecule has 0 radical (unpaired) electrons. The van der Waals surface area contributed by atoms with Crippen molar-refractivity contribution < 1.29 is 19.2 Å². The fourth-order valence-electron chi connectivity index (χ4n) is 2.67. The lowest BCUT2D eigenvalue weighted by molar-refractivity contribution is -0.384. The molecule has 0 unspecified atom stereocenters. The number of hydrogen-bond acceptors (Lipinski definition) is 6. The summed E-state index contributed by atoms with van der Waals surface area (Å²) in [4.78, 5) is 27.9. The Hall–Kier alpha value is -3.04. The Morgan fingerprint density at radius 3 is 2.64 bits per heavy atom. The molecule has 0 saturated heterocycles. The van der Waals surface area contributed by atoms with Gasteiger partial charge < -0.3 is 14.0 Å². The van der Waals surface area contributed by atoms with Gasteiger partial charge in [0.1, 0.15) is 5.75 Å². The van der Waals surface area contributed by atoms with Crippen LogP contribution in [0.4, 0.5) is 5.69 Å². The number of ether oxygens (including phenoxy) is 2. The zero-order valence-corrected chi connectivity index (χ0v) is 16.3. The maximum atomic E-state index is 12.6. The maximum Gasteiger partial charge on any atom is 0.279 e. The largest absolute Gasteiger partial charge is 0.494 e. The van der Waals surface area contributed by atoms with Gasteiger partial charge in [0.05, 0.1) is 28.4 Å². The lowest BCUT2D eigenvalue weighted by Crippen LogP contribution is -2.19. The van der Waals surface area contributed by atoms with Gasteiger partial charge in [0, 0.05) is 31.4 Å². The Balaban J connectivity index is 2.03. The van der Waals surface area contributed by atoms with E-state index >= 15 is 0 Å². The van der Waals surface area contributed by atoms with Gasteiger partial charge >= 0.3 is 0 Å². The van der Waals surface area contributed by atoms with Gasteiger partial charge in [0.15, 0.2) is 4.80 Å². The smallest absolute Gasteiger partial charge is 0.279 e. The van der Waals surface area contributed by atoms with E-state index in [1.54, 1.807) is 37.4 Å². The van der Waals surface area contributed by atoms with Crippen molar-refractivity contribution in [2.75, 3.05) is 20.3 Å². The molecule has 0 aliphatic rings. The first-order valence-electron chi connectivity index (χ1n) is 8.62. The molecule has 1 amide bonds. The van der Waals surface area contributed by atoms with Gasteiger partial charge in [0.2, 0.25) is 0 Å². The Labute approximate surface area is 164 Å². The maximum absolute atomic E-state index is 12.6. The van der Waals surface area contributed by atoms with E-state index < -0.39 is 10.8 Å². The fourth-order valence-corrected chi connectivity index (χ4v) is 3.76. The van der Waals surface area contributed by atoms with E-state index in [4.69, 9.17) is 9.47 Å². The molecule has 28 heavy (non-hydrogen) atoms. The van der Waals surface area contributed by atoms with Gasteiger partial charge in [0.25, 0.3) is 11.6 Å². The van der Waals surface area contributed by atoms with Crippen molar-refractivity contribution >= 4 is 33.1 Å². The molecule has 3 aromatic rings. The molecule has 3 rings (SSSR count). The first-order valence-corrected chi connectivity index (χ1v) is 9.43. The zero-order chi connectivity index (χ0) is 20.1. The number of carbonyl (C=O) groups is 1. The van der Waals surface area contributed by atoms with Crippen LogP contribution in [0.3, 0.4) is 0 Å². The van der Waals surface area contributed by atoms with Gasteiger partial charge in [-0.3, -0.25) is 14.9 Å². The number of thiazole rings is 1. The minimum atomic E-state index is -0.444. The number of benzene rings is 2. The van der Waals surface area contributed by atoms with Crippen molar-refractivity contribution in [2.24, 2.45) is 4.99 Å². The van der Waals surface area contributed by atoms with Gasteiger partial charge in [-0.05, 0) is 37.3 Å². The Kier molecular flexibility index (Phi) is 6.17. The van der Waals surface area contributed by atoms with E-state index in [0.717, 1.165) is 5.52 Å². The first kappa shape index (κ1) is 19.7. The molecule has 0 N–H and O–H groups in total. The molecule has 9 heteroatoms. The molecule has 146 valence electrons. The summed E-state index contributed by atoms with van der Waals surface area (Å²) in [6.07, 6.45) is 0. The monoisotopic (exact) mass is 401 g/mol. The SMILES string of the molecule is CCOc1ccc(C(=O)N=c2sc3cc([N+](=O)[O-])ccc3n2CCOC)cc1. The highest BCUT2D eigenvalue weighted by Gasteiger charge is 2.13. The average Bonchev–Trinajstić information content (AvgIpc) is 3.03. The highest BCUT2D eigenvalue weighted by molar-refractivity contribution is 7.16. The third-order valence-electron chi connectivity index (χ3n) is 4.01. The molecule has 0 aliphatic heterocycles. The second kappa shape index (κ2) is 8.77. The van der Waals surface area contributed by atoms with E-state index in [-0.39, 0.29) is 5.69 Å². The van der Waals surface area contributed by atoms with Crippen LogP contribution < -0.4 is 9.54 Å². The van der Waals surface area contributed by atoms with Crippen LogP contribution in [-0.2, 0) is 11.3 Å². The molecule has 0 saturated carbocycles. The number of rotatable bonds is 7. The number of nitrogens with zero attached hydrogens (tertiary/aromatic N) is 3. The number of amides is 1. The fraction of sp³-hybridized carbons (Fsp3) is 0.263. The molecule has 0 bridgehead atoms. The number of methoxy groups -OCH3 is 1. The Bertz CT molecular complexity index is 1070. The third-order valence-corrected chi connectivity index (χ3v) is 5.05. The van der Waals surface area contributed by atoms with Crippen LogP contribution in [0.5, 0.6) is 5.75 Å². The van der Waals surface area contributed by atoms with Crippen molar-refractivity contribution in [3.05, 3.63) is 62.9 Å². The number of non-ortho nitro benzene ring substituents is 1. The minimum absolute atomic E-state index is 0.00275. The predicted octanol–water partition coefficient (Wildman–Crippen LogP) is 3.40. The summed E-state index contributed by atoms with van der Waals surface area (Å²) in [6.45, 7) is 3.33. The second-order valence-corrected chi connectivity index (χ2v) is 6.82. The molecular formula is C19H19N3O5S. The highest BCUT2D eigenvalue weighted by Crippen LogP contribution is 2.23. The summed E-state index contributed by atoms with van der Waals surface area (Å²) >= 11 is 1.23. The van der Waals surface area contributed by atoms with E-state index in [1.165, 1.54) is 23.5 Å². The number of carbonyl (C=O) groups excluding carboxylic acids is 1. The molecule has 8 nitrogen and oxygen atoms in total. The molecule has 2 aromatic carbocycles. The lowest BCUT2D eigenvalue weighted by atomic mass is 10.2. The standard InChI is InChI=1S/C19H19N3O5S/c1-3-27-15-7-4-13(5-8-15)18(23)20-19-21(10-11-26-2)16-9-6-14(22(24)25)12-17(16)28-19/h4-9,12H,3,10-11H2,1-2H3. The van der Waals surface area contributed by atoms with Gasteiger partial charge in [-0.2, -0.15) is 4.99 Å². The predicted molar refractivity (Wildman–Crippen MR) is 106 cm³/mol. The summed E-state index contributed by atoms with van der Waals surface area (Å²) < 4.78 is 13.0. The molecule has 0 aliphatic carbocycles. The minimum Gasteiger partial charge on any atom is -0.494 e. The van der Waals surface area contributed by atoms with Crippen molar-refractivity contribution in [1.82, 2.24) is 4.57 Å². The van der Waals surface area contributed by atoms with Crippen molar-refractivity contribution in [3.63, 3.8) is 0 Å². The van der Waals surface area contributed by atoms with Crippen molar-refractivity contribution in [3.8, 4) is 5.75 Å². The van der Waals surface area contributed by atoms with Gasteiger partial charge in [-0.25, -0.2) is 0 Å². The normalized spacial score (nSPS) is 11.7. The summed E-state index contributed by atoms with van der Waals surface area (Å²) in [5.41, 5.74) is 1.20. The Morgan fingerprint density at radius 2 is 2.00 bits per heavy atom. The molecule has 0 spiro atoms. The molecule has 0 atom stereocenters. The number of hydrogen-bond donors (Lipinski definition) is 0. The van der Waals surface area contributed by atoms with Crippen LogP contribution in [0.1, 0.15) is 17.3 Å². The van der Waals surface area contributed by atoms with E-state index in [2.05, 4.69) is 4.99 Å². The second-order valence-electron chi connectivity index (χ2n) is 5.81. The van der Waals surface area contributed by atoms with Crippen molar-refractivity contribution in [2.45, 2.75) is 13.5 Å². The highest BCUT2D eigenvalue weighted by atomic mass is 32.1. The first-order chi connectivity index (χ1) is 13.5. The van der Waals surface area contributed by atoms with Crippen LogP contribution in [0, 0.1) is 10.1 Å². The van der Waals surface area contributed by atoms with E-state index in [0.29, 0.717) is 40.6 Å². The summed E-state index contributed by atoms with van der Waals surface area (Å²) in [5.74, 6) is 0.290. The van der Waals surface area contributed by atoms with Crippen LogP contribution in [0.15, 0.2) is 47.5 Å². The zero-order valence-electron chi connectivity index (χ0n) is 15.5. The summed E-state index contributed by atoms with van der Waals surface area (Å²) in [7, 11) is 1.59. The topological polar surface area (TPSA) is 96.0 Å². The van der Waals surface area contributed by atoms with Crippen molar-refractivity contribution in [1.29, 1.82) is 0 Å². The molecule has 1 heterocycles.